The van der Waals surface area contributed by atoms with Gasteiger partial charge in [0.1, 0.15) is 6.07 Å². The Balaban J connectivity index is 1.97. The summed E-state index contributed by atoms with van der Waals surface area (Å²) in [6.45, 7) is 3.30. The van der Waals surface area contributed by atoms with Crippen LogP contribution in [0.4, 0.5) is 5.69 Å². The fourth-order valence-corrected chi connectivity index (χ4v) is 2.15. The molecule has 2 rings (SSSR count). The van der Waals surface area contributed by atoms with Crippen molar-refractivity contribution in [2.45, 2.75) is 6.10 Å². The van der Waals surface area contributed by atoms with Gasteiger partial charge in [0, 0.05) is 24.7 Å². The quantitative estimate of drug-likeness (QED) is 0.908. The van der Waals surface area contributed by atoms with E-state index in [0.29, 0.717) is 17.1 Å². The zero-order valence-corrected chi connectivity index (χ0v) is 11.1. The highest BCUT2D eigenvalue weighted by Crippen LogP contribution is 2.20. The van der Waals surface area contributed by atoms with Crippen LogP contribution in [0.3, 0.4) is 0 Å². The van der Waals surface area contributed by atoms with Crippen LogP contribution in [0.15, 0.2) is 18.2 Å². The highest BCUT2D eigenvalue weighted by molar-refractivity contribution is 6.30. The van der Waals surface area contributed by atoms with E-state index in [2.05, 4.69) is 23.3 Å². The van der Waals surface area contributed by atoms with E-state index in [4.69, 9.17) is 21.6 Å². The van der Waals surface area contributed by atoms with Crippen LogP contribution in [0.1, 0.15) is 5.56 Å². The molecule has 0 radical (unpaired) electrons. The van der Waals surface area contributed by atoms with E-state index < -0.39 is 0 Å². The average Bonchev–Trinajstić information content (AvgIpc) is 2.37. The van der Waals surface area contributed by atoms with Crippen LogP contribution in [0.5, 0.6) is 0 Å². The lowest BCUT2D eigenvalue weighted by Gasteiger charge is -2.30. The molecule has 0 aromatic heterocycles. The molecule has 96 valence electrons. The normalized spacial score (nSPS) is 20.4. The molecule has 1 aromatic carbocycles. The number of anilines is 1. The molecule has 1 saturated heterocycles. The highest BCUT2D eigenvalue weighted by Gasteiger charge is 2.17. The van der Waals surface area contributed by atoms with Gasteiger partial charge >= 0.3 is 0 Å². The molecule has 1 heterocycles. The first kappa shape index (κ1) is 13.2. The van der Waals surface area contributed by atoms with Crippen molar-refractivity contribution in [3.63, 3.8) is 0 Å². The summed E-state index contributed by atoms with van der Waals surface area (Å²) < 4.78 is 5.65. The number of nitriles is 1. The molecule has 0 aliphatic carbocycles. The summed E-state index contributed by atoms with van der Waals surface area (Å²) in [6.07, 6.45) is 0.147. The van der Waals surface area contributed by atoms with E-state index >= 15 is 0 Å². The molecule has 18 heavy (non-hydrogen) atoms. The number of rotatable bonds is 3. The first-order chi connectivity index (χ1) is 8.69. The van der Waals surface area contributed by atoms with Gasteiger partial charge in [-0.1, -0.05) is 11.6 Å². The van der Waals surface area contributed by atoms with Crippen LogP contribution < -0.4 is 5.32 Å². The monoisotopic (exact) mass is 265 g/mol. The van der Waals surface area contributed by atoms with Gasteiger partial charge in [0.15, 0.2) is 0 Å². The number of likely N-dealkylation sites (N-methyl/N-ethyl adjacent to an activating group) is 1. The van der Waals surface area contributed by atoms with Crippen molar-refractivity contribution in [1.82, 2.24) is 4.90 Å². The molecule has 1 aliphatic rings. The standard InChI is InChI=1S/C13H16ClN3O/c1-17-4-5-18-12(9-17)8-16-13-6-11(14)3-2-10(13)7-15/h2-3,6,12,16H,4-5,8-9H2,1H3. The Hall–Kier alpha value is -1.28. The first-order valence-electron chi connectivity index (χ1n) is 5.92. The molecule has 1 N–H and O–H groups in total. The number of nitrogens with one attached hydrogen (secondary N) is 1. The third kappa shape index (κ3) is 3.36. The maximum absolute atomic E-state index is 9.02. The van der Waals surface area contributed by atoms with Crippen LogP contribution >= 0.6 is 11.6 Å². The zero-order valence-electron chi connectivity index (χ0n) is 10.3. The first-order valence-corrected chi connectivity index (χ1v) is 6.30. The Kier molecular flexibility index (Phi) is 4.43. The van der Waals surface area contributed by atoms with E-state index in [9.17, 15) is 0 Å². The number of nitrogens with zero attached hydrogens (tertiary/aromatic N) is 2. The number of ether oxygens (including phenoxy) is 1. The van der Waals surface area contributed by atoms with Gasteiger partial charge in [-0.15, -0.1) is 0 Å². The van der Waals surface area contributed by atoms with E-state index in [1.165, 1.54) is 0 Å². The van der Waals surface area contributed by atoms with Crippen molar-refractivity contribution in [2.75, 3.05) is 38.6 Å². The molecule has 0 amide bonds. The number of halogens is 1. The maximum atomic E-state index is 9.02. The van der Waals surface area contributed by atoms with Crippen LogP contribution in [-0.4, -0.2) is 44.3 Å². The number of hydrogen-bond donors (Lipinski definition) is 1. The fourth-order valence-electron chi connectivity index (χ4n) is 1.97. The fraction of sp³-hybridized carbons (Fsp3) is 0.462. The van der Waals surface area contributed by atoms with Crippen molar-refractivity contribution < 1.29 is 4.74 Å². The molecule has 1 atom stereocenters. The number of hydrogen-bond acceptors (Lipinski definition) is 4. The molecule has 5 heteroatoms. The van der Waals surface area contributed by atoms with Gasteiger partial charge in [0.25, 0.3) is 0 Å². The average molecular weight is 266 g/mol. The third-order valence-electron chi connectivity index (χ3n) is 2.96. The molecule has 1 aromatic rings. The Labute approximate surface area is 112 Å². The lowest BCUT2D eigenvalue weighted by atomic mass is 10.2. The predicted octanol–water partition coefficient (Wildman–Crippen LogP) is 1.95. The minimum Gasteiger partial charge on any atom is -0.381 e. The topological polar surface area (TPSA) is 48.3 Å². The molecular formula is C13H16ClN3O. The van der Waals surface area contributed by atoms with E-state index in [0.717, 1.165) is 25.4 Å². The smallest absolute Gasteiger partial charge is 0.101 e. The Morgan fingerprint density at radius 1 is 1.61 bits per heavy atom. The van der Waals surface area contributed by atoms with Crippen LogP contribution in [0.25, 0.3) is 0 Å². The Bertz CT molecular complexity index is 458. The molecule has 1 unspecified atom stereocenters. The Morgan fingerprint density at radius 2 is 2.44 bits per heavy atom. The maximum Gasteiger partial charge on any atom is 0.101 e. The van der Waals surface area contributed by atoms with Gasteiger partial charge in [-0.3, -0.25) is 0 Å². The van der Waals surface area contributed by atoms with Gasteiger partial charge < -0.3 is 15.0 Å². The van der Waals surface area contributed by atoms with Gasteiger partial charge in [-0.25, -0.2) is 0 Å². The van der Waals surface area contributed by atoms with Crippen LogP contribution in [0, 0.1) is 11.3 Å². The molecule has 4 nitrogen and oxygen atoms in total. The zero-order chi connectivity index (χ0) is 13.0. The number of benzene rings is 1. The summed E-state index contributed by atoms with van der Waals surface area (Å²) >= 11 is 5.93. The lowest BCUT2D eigenvalue weighted by Crippen LogP contribution is -2.43. The van der Waals surface area contributed by atoms with Crippen LogP contribution in [-0.2, 0) is 4.74 Å². The van der Waals surface area contributed by atoms with E-state index in [1.54, 1.807) is 18.2 Å². The third-order valence-corrected chi connectivity index (χ3v) is 3.20. The van der Waals surface area contributed by atoms with Crippen molar-refractivity contribution in [2.24, 2.45) is 0 Å². The van der Waals surface area contributed by atoms with Crippen molar-refractivity contribution in [3.05, 3.63) is 28.8 Å². The van der Waals surface area contributed by atoms with Crippen LogP contribution in [0.2, 0.25) is 5.02 Å². The van der Waals surface area contributed by atoms with E-state index in [-0.39, 0.29) is 6.10 Å². The summed E-state index contributed by atoms with van der Waals surface area (Å²) in [5, 5.41) is 12.9. The Morgan fingerprint density at radius 3 is 3.17 bits per heavy atom. The van der Waals surface area contributed by atoms with Crippen molar-refractivity contribution in [1.29, 1.82) is 5.26 Å². The SMILES string of the molecule is CN1CCOC(CNc2cc(Cl)ccc2C#N)C1. The van der Waals surface area contributed by atoms with E-state index in [1.807, 2.05) is 0 Å². The highest BCUT2D eigenvalue weighted by atomic mass is 35.5. The summed E-state index contributed by atoms with van der Waals surface area (Å²) in [5.41, 5.74) is 1.37. The minimum absolute atomic E-state index is 0.147. The van der Waals surface area contributed by atoms with Gasteiger partial charge in [-0.05, 0) is 25.2 Å². The summed E-state index contributed by atoms with van der Waals surface area (Å²) in [5.74, 6) is 0. The summed E-state index contributed by atoms with van der Waals surface area (Å²) in [6, 6.07) is 7.36. The van der Waals surface area contributed by atoms with Crippen molar-refractivity contribution >= 4 is 17.3 Å². The second-order valence-corrected chi connectivity index (χ2v) is 4.87. The van der Waals surface area contributed by atoms with Crippen molar-refractivity contribution in [3.8, 4) is 6.07 Å². The van der Waals surface area contributed by atoms with Gasteiger partial charge in [0.2, 0.25) is 0 Å². The summed E-state index contributed by atoms with van der Waals surface area (Å²) in [7, 11) is 2.08. The molecule has 0 bridgehead atoms. The lowest BCUT2D eigenvalue weighted by molar-refractivity contribution is -0.0117. The molecular weight excluding hydrogens is 250 g/mol. The second kappa shape index (κ2) is 6.05. The number of morpholine rings is 1. The van der Waals surface area contributed by atoms with Gasteiger partial charge in [0.05, 0.1) is 24.0 Å². The molecule has 1 fully saturated rings. The minimum atomic E-state index is 0.147. The second-order valence-electron chi connectivity index (χ2n) is 4.44. The molecule has 1 aliphatic heterocycles. The largest absolute Gasteiger partial charge is 0.381 e. The molecule has 0 saturated carbocycles. The molecule has 0 spiro atoms. The summed E-state index contributed by atoms with van der Waals surface area (Å²) in [4.78, 5) is 2.24. The predicted molar refractivity (Wildman–Crippen MR) is 71.9 cm³/mol. The van der Waals surface area contributed by atoms with Gasteiger partial charge in [-0.2, -0.15) is 5.26 Å².